The fourth-order valence-corrected chi connectivity index (χ4v) is 4.88. The van der Waals surface area contributed by atoms with Crippen molar-refractivity contribution in [1.29, 1.82) is 0 Å². The Kier molecular flexibility index (Phi) is 10.6. The number of hydrogen-bond acceptors (Lipinski definition) is 5. The standard InChI is InChI=1S/C32H37N3O4S/c1-7-22-13-11-12-16-26(22)28(29(36)33-25-18-17-23-14-9-10-15-24(23)21-25)35(8-2)30(37)27(19-20-40-6)34-31(38)39-32(3,4)5/h1,9-18,21,27-28H,8,19-20H2,2-6H3,(H,33,36)(H,34,38). The lowest BCUT2D eigenvalue weighted by Gasteiger charge is -2.34. The molecule has 0 bridgehead atoms. The number of alkyl carbamates (subject to hydrolysis) is 1. The van der Waals surface area contributed by atoms with Crippen LogP contribution in [-0.4, -0.2) is 53.0 Å². The molecular weight excluding hydrogens is 522 g/mol. The zero-order valence-electron chi connectivity index (χ0n) is 23.7. The van der Waals surface area contributed by atoms with Gasteiger partial charge in [0.05, 0.1) is 0 Å². The van der Waals surface area contributed by atoms with Gasteiger partial charge in [0, 0.05) is 17.8 Å². The van der Waals surface area contributed by atoms with E-state index in [0.717, 1.165) is 10.8 Å². The van der Waals surface area contributed by atoms with Crippen LogP contribution in [0.2, 0.25) is 0 Å². The molecule has 0 radical (unpaired) electrons. The number of anilines is 1. The average Bonchev–Trinajstić information content (AvgIpc) is 2.92. The number of thioether (sulfide) groups is 1. The van der Waals surface area contributed by atoms with Gasteiger partial charge in [0.1, 0.15) is 17.7 Å². The monoisotopic (exact) mass is 559 g/mol. The van der Waals surface area contributed by atoms with Gasteiger partial charge in [-0.1, -0.05) is 54.5 Å². The van der Waals surface area contributed by atoms with Crippen molar-refractivity contribution in [3.63, 3.8) is 0 Å². The molecule has 0 aliphatic carbocycles. The van der Waals surface area contributed by atoms with Crippen LogP contribution in [0.25, 0.3) is 10.8 Å². The highest BCUT2D eigenvalue weighted by atomic mass is 32.2. The third-order valence-corrected chi connectivity index (χ3v) is 6.86. The molecule has 0 fully saturated rings. The summed E-state index contributed by atoms with van der Waals surface area (Å²) < 4.78 is 5.42. The van der Waals surface area contributed by atoms with Crippen LogP contribution in [-0.2, 0) is 14.3 Å². The second kappa shape index (κ2) is 13.9. The maximum atomic E-state index is 14.0. The fourth-order valence-electron chi connectivity index (χ4n) is 4.40. The minimum atomic E-state index is -1.03. The molecule has 0 aliphatic rings. The first-order valence-electron chi connectivity index (χ1n) is 13.2. The Morgan fingerprint density at radius 1 is 1.02 bits per heavy atom. The summed E-state index contributed by atoms with van der Waals surface area (Å²) in [5, 5.41) is 7.74. The Morgan fingerprint density at radius 2 is 1.70 bits per heavy atom. The lowest BCUT2D eigenvalue weighted by atomic mass is 9.97. The number of carbonyl (C=O) groups is 3. The number of hydrogen-bond donors (Lipinski definition) is 2. The van der Waals surface area contributed by atoms with Crippen molar-refractivity contribution in [3.8, 4) is 12.3 Å². The number of rotatable bonds is 10. The van der Waals surface area contributed by atoms with E-state index in [0.29, 0.717) is 29.0 Å². The Hall–Kier alpha value is -3.96. The Balaban J connectivity index is 2.00. The van der Waals surface area contributed by atoms with Crippen LogP contribution in [0.15, 0.2) is 66.7 Å². The summed E-state index contributed by atoms with van der Waals surface area (Å²) in [4.78, 5) is 42.1. The van der Waals surface area contributed by atoms with Crippen LogP contribution in [0, 0.1) is 12.3 Å². The highest BCUT2D eigenvalue weighted by Crippen LogP contribution is 2.28. The third kappa shape index (κ3) is 8.03. The van der Waals surface area contributed by atoms with Crippen molar-refractivity contribution in [2.24, 2.45) is 0 Å². The van der Waals surface area contributed by atoms with Gasteiger partial charge in [-0.3, -0.25) is 9.59 Å². The van der Waals surface area contributed by atoms with Crippen LogP contribution >= 0.6 is 11.8 Å². The number of benzene rings is 3. The predicted octanol–water partition coefficient (Wildman–Crippen LogP) is 6.00. The number of carbonyl (C=O) groups excluding carboxylic acids is 3. The van der Waals surface area contributed by atoms with E-state index < -0.39 is 35.6 Å². The normalized spacial score (nSPS) is 12.6. The largest absolute Gasteiger partial charge is 0.444 e. The topological polar surface area (TPSA) is 87.7 Å². The van der Waals surface area contributed by atoms with E-state index >= 15 is 0 Å². The molecule has 0 aliphatic heterocycles. The van der Waals surface area contributed by atoms with E-state index in [4.69, 9.17) is 11.2 Å². The van der Waals surface area contributed by atoms with Gasteiger partial charge in [0.15, 0.2) is 0 Å². The zero-order valence-corrected chi connectivity index (χ0v) is 24.5. The van der Waals surface area contributed by atoms with Crippen molar-refractivity contribution in [2.45, 2.75) is 51.8 Å². The lowest BCUT2D eigenvalue weighted by molar-refractivity contribution is -0.140. The van der Waals surface area contributed by atoms with Gasteiger partial charge in [-0.2, -0.15) is 11.8 Å². The minimum absolute atomic E-state index is 0.208. The summed E-state index contributed by atoms with van der Waals surface area (Å²) in [5.41, 5.74) is 0.907. The molecule has 3 amide bonds. The van der Waals surface area contributed by atoms with Crippen molar-refractivity contribution < 1.29 is 19.1 Å². The molecule has 0 heterocycles. The highest BCUT2D eigenvalue weighted by molar-refractivity contribution is 7.98. The van der Waals surface area contributed by atoms with Gasteiger partial charge in [-0.15, -0.1) is 6.42 Å². The van der Waals surface area contributed by atoms with Crippen LogP contribution in [0.1, 0.15) is 51.3 Å². The van der Waals surface area contributed by atoms with E-state index in [2.05, 4.69) is 16.6 Å². The van der Waals surface area contributed by atoms with E-state index in [1.165, 1.54) is 4.90 Å². The van der Waals surface area contributed by atoms with Crippen molar-refractivity contribution in [1.82, 2.24) is 10.2 Å². The number of amides is 3. The number of fused-ring (bicyclic) bond motifs is 1. The number of ether oxygens (including phenoxy) is 1. The minimum Gasteiger partial charge on any atom is -0.444 e. The van der Waals surface area contributed by atoms with Crippen LogP contribution in [0.3, 0.4) is 0 Å². The molecule has 0 spiro atoms. The molecule has 0 saturated carbocycles. The molecule has 8 heteroatoms. The molecule has 0 aromatic heterocycles. The fraction of sp³-hybridized carbons (Fsp3) is 0.344. The summed E-state index contributed by atoms with van der Waals surface area (Å²) in [7, 11) is 0. The zero-order chi connectivity index (χ0) is 29.3. The van der Waals surface area contributed by atoms with Crippen LogP contribution in [0.4, 0.5) is 10.5 Å². The van der Waals surface area contributed by atoms with E-state index in [-0.39, 0.29) is 6.54 Å². The first-order chi connectivity index (χ1) is 19.1. The molecule has 0 saturated heterocycles. The summed E-state index contributed by atoms with van der Waals surface area (Å²) >= 11 is 1.56. The quantitative estimate of drug-likeness (QED) is 0.298. The van der Waals surface area contributed by atoms with E-state index in [1.807, 2.05) is 48.7 Å². The van der Waals surface area contributed by atoms with Gasteiger partial charge in [0.2, 0.25) is 5.91 Å². The van der Waals surface area contributed by atoms with Crippen LogP contribution < -0.4 is 10.6 Å². The number of likely N-dealkylation sites (N-methyl/N-ethyl adjacent to an activating group) is 1. The summed E-state index contributed by atoms with van der Waals surface area (Å²) in [6.07, 6.45) is 7.41. The first-order valence-corrected chi connectivity index (χ1v) is 14.6. The van der Waals surface area contributed by atoms with Gasteiger partial charge >= 0.3 is 6.09 Å². The molecule has 2 atom stereocenters. The molecule has 3 aromatic rings. The van der Waals surface area contributed by atoms with Crippen molar-refractivity contribution in [2.75, 3.05) is 23.9 Å². The summed E-state index contributed by atoms with van der Waals surface area (Å²) in [6, 6.07) is 18.7. The predicted molar refractivity (Wildman–Crippen MR) is 163 cm³/mol. The highest BCUT2D eigenvalue weighted by Gasteiger charge is 2.36. The lowest BCUT2D eigenvalue weighted by Crippen LogP contribution is -2.52. The molecule has 210 valence electrons. The molecule has 3 aromatic carbocycles. The summed E-state index contributed by atoms with van der Waals surface area (Å²) in [5.74, 6) is 2.47. The Labute approximate surface area is 241 Å². The second-order valence-corrected chi connectivity index (χ2v) is 11.3. The third-order valence-electron chi connectivity index (χ3n) is 6.21. The first kappa shape index (κ1) is 30.6. The molecular formula is C32H37N3O4S. The smallest absolute Gasteiger partial charge is 0.408 e. The summed E-state index contributed by atoms with van der Waals surface area (Å²) in [6.45, 7) is 7.28. The second-order valence-electron chi connectivity index (χ2n) is 10.3. The molecule has 7 nitrogen and oxygen atoms in total. The van der Waals surface area contributed by atoms with Crippen molar-refractivity contribution >= 4 is 46.1 Å². The van der Waals surface area contributed by atoms with Crippen molar-refractivity contribution in [3.05, 3.63) is 77.9 Å². The van der Waals surface area contributed by atoms with Gasteiger partial charge in [-0.05, 0) is 80.7 Å². The van der Waals surface area contributed by atoms with E-state index in [1.54, 1.807) is 63.7 Å². The average molecular weight is 560 g/mol. The number of nitrogens with one attached hydrogen (secondary N) is 2. The molecule has 2 N–H and O–H groups in total. The number of nitrogens with zero attached hydrogens (tertiary/aromatic N) is 1. The molecule has 40 heavy (non-hydrogen) atoms. The van der Waals surface area contributed by atoms with Gasteiger partial charge in [0.25, 0.3) is 5.91 Å². The number of terminal acetylenes is 1. The van der Waals surface area contributed by atoms with Gasteiger partial charge in [-0.25, -0.2) is 4.79 Å². The maximum absolute atomic E-state index is 14.0. The Bertz CT molecular complexity index is 1390. The van der Waals surface area contributed by atoms with E-state index in [9.17, 15) is 14.4 Å². The molecule has 2 unspecified atom stereocenters. The molecule has 3 rings (SSSR count). The van der Waals surface area contributed by atoms with Gasteiger partial charge < -0.3 is 20.3 Å². The SMILES string of the molecule is C#Cc1ccccc1C(C(=O)Nc1ccc2ccccc2c1)N(CC)C(=O)C(CCSC)NC(=O)OC(C)(C)C. The Morgan fingerprint density at radius 3 is 2.35 bits per heavy atom. The maximum Gasteiger partial charge on any atom is 0.408 e. The van der Waals surface area contributed by atoms with Crippen LogP contribution in [0.5, 0.6) is 0 Å².